The summed E-state index contributed by atoms with van der Waals surface area (Å²) in [5, 5.41) is 4.04. The van der Waals surface area contributed by atoms with Gasteiger partial charge in [0, 0.05) is 0 Å². The van der Waals surface area contributed by atoms with E-state index in [-0.39, 0.29) is 5.89 Å². The van der Waals surface area contributed by atoms with Crippen LogP contribution in [0.2, 0.25) is 0 Å². The van der Waals surface area contributed by atoms with Crippen LogP contribution in [0, 0.1) is 20.8 Å². The molecule has 2 N–H and O–H groups in total. The molecule has 0 bridgehead atoms. The van der Waals surface area contributed by atoms with Crippen molar-refractivity contribution >= 4 is 11.6 Å². The second-order valence-corrected chi connectivity index (χ2v) is 3.58. The van der Waals surface area contributed by atoms with E-state index >= 15 is 0 Å². The topological polar surface area (TPSA) is 86.9 Å². The highest BCUT2D eigenvalue weighted by molar-refractivity contribution is 5.92. The Morgan fingerprint density at radius 1 is 1.44 bits per heavy atom. The van der Waals surface area contributed by atoms with Crippen LogP contribution in [0.5, 0.6) is 0 Å². The largest absolute Gasteiger partial charge is 0.438 e. The maximum Gasteiger partial charge on any atom is 0.334 e. The highest BCUT2D eigenvalue weighted by Gasteiger charge is 2.20. The first-order valence-corrected chi connectivity index (χ1v) is 4.79. The van der Waals surface area contributed by atoms with Crippen molar-refractivity contribution in [1.82, 2.24) is 14.8 Å². The van der Waals surface area contributed by atoms with E-state index in [1.165, 1.54) is 10.9 Å². The molecule has 0 saturated heterocycles. The normalized spacial score (nSPS) is 10.7. The summed E-state index contributed by atoms with van der Waals surface area (Å²) in [6, 6.07) is 0. The molecular weight excluding hydrogens is 208 g/mol. The average Bonchev–Trinajstić information content (AvgIpc) is 2.78. The summed E-state index contributed by atoms with van der Waals surface area (Å²) in [6.07, 6.45) is 1.49. The average molecular weight is 220 g/mol. The summed E-state index contributed by atoms with van der Waals surface area (Å²) in [4.78, 5) is 15.8. The zero-order valence-electron chi connectivity index (χ0n) is 9.31. The van der Waals surface area contributed by atoms with Gasteiger partial charge in [-0.1, -0.05) is 0 Å². The first-order valence-electron chi connectivity index (χ1n) is 4.79. The van der Waals surface area contributed by atoms with Crippen LogP contribution in [-0.4, -0.2) is 20.7 Å². The number of rotatable bonds is 1. The van der Waals surface area contributed by atoms with E-state index in [2.05, 4.69) is 10.1 Å². The van der Waals surface area contributed by atoms with E-state index in [1.54, 1.807) is 20.8 Å². The van der Waals surface area contributed by atoms with Gasteiger partial charge < -0.3 is 10.2 Å². The Morgan fingerprint density at radius 3 is 2.56 bits per heavy atom. The molecule has 0 aliphatic rings. The molecule has 0 aliphatic carbocycles. The van der Waals surface area contributed by atoms with E-state index in [0.717, 1.165) is 0 Å². The Kier molecular flexibility index (Phi) is 2.26. The number of nitrogens with two attached hydrogens (primary N) is 1. The number of aryl methyl sites for hydroxylation is 2. The Morgan fingerprint density at radius 2 is 2.12 bits per heavy atom. The Labute approximate surface area is 92.1 Å². The van der Waals surface area contributed by atoms with Gasteiger partial charge in [-0.25, -0.2) is 4.98 Å². The van der Waals surface area contributed by atoms with Crippen LogP contribution in [0.3, 0.4) is 0 Å². The SMILES string of the molecule is Cc1cnc(C(=O)n2nc(C)c(N)c2C)o1. The number of hydrogen-bond donors (Lipinski definition) is 1. The van der Waals surface area contributed by atoms with Crippen LogP contribution in [0.1, 0.15) is 27.8 Å². The van der Waals surface area contributed by atoms with Gasteiger partial charge in [0.25, 0.3) is 5.89 Å². The van der Waals surface area contributed by atoms with Crippen molar-refractivity contribution in [1.29, 1.82) is 0 Å². The minimum atomic E-state index is -0.412. The predicted octanol–water partition coefficient (Wildman–Crippen LogP) is 1.07. The Hall–Kier alpha value is -2.11. The van der Waals surface area contributed by atoms with Gasteiger partial charge in [-0.15, -0.1) is 0 Å². The number of carbonyl (C=O) groups is 1. The molecule has 2 heterocycles. The van der Waals surface area contributed by atoms with Crippen LogP contribution in [0.4, 0.5) is 5.69 Å². The third kappa shape index (κ3) is 1.48. The Bertz CT molecular complexity index is 553. The van der Waals surface area contributed by atoms with E-state index < -0.39 is 5.91 Å². The smallest absolute Gasteiger partial charge is 0.334 e. The summed E-state index contributed by atoms with van der Waals surface area (Å²) in [5.41, 5.74) is 7.46. The zero-order valence-corrected chi connectivity index (χ0v) is 9.31. The standard InChI is InChI=1S/C10H12N4O2/c1-5-4-12-9(16-5)10(15)14-7(3)8(11)6(2)13-14/h4H,11H2,1-3H3. The molecule has 0 aliphatic heterocycles. The van der Waals surface area contributed by atoms with Crippen molar-refractivity contribution in [3.63, 3.8) is 0 Å². The summed E-state index contributed by atoms with van der Waals surface area (Å²) in [7, 11) is 0. The van der Waals surface area contributed by atoms with Gasteiger partial charge in [-0.3, -0.25) is 4.79 Å². The molecular formula is C10H12N4O2. The van der Waals surface area contributed by atoms with E-state index in [4.69, 9.17) is 10.2 Å². The lowest BCUT2D eigenvalue weighted by atomic mass is 10.3. The third-order valence-electron chi connectivity index (χ3n) is 2.34. The molecule has 2 aromatic heterocycles. The molecule has 0 fully saturated rings. The highest BCUT2D eigenvalue weighted by Crippen LogP contribution is 2.16. The molecule has 0 radical (unpaired) electrons. The molecule has 6 nitrogen and oxygen atoms in total. The van der Waals surface area contributed by atoms with Crippen LogP contribution in [0.25, 0.3) is 0 Å². The molecule has 0 spiro atoms. The lowest BCUT2D eigenvalue weighted by molar-refractivity contribution is 0.0906. The summed E-state index contributed by atoms with van der Waals surface area (Å²) in [5.74, 6) is 0.186. The lowest BCUT2D eigenvalue weighted by Gasteiger charge is -1.98. The van der Waals surface area contributed by atoms with Crippen molar-refractivity contribution in [2.75, 3.05) is 5.73 Å². The molecule has 0 amide bonds. The third-order valence-corrected chi connectivity index (χ3v) is 2.34. The molecule has 6 heteroatoms. The molecule has 0 aromatic carbocycles. The summed E-state index contributed by atoms with van der Waals surface area (Å²) < 4.78 is 6.35. The van der Waals surface area contributed by atoms with Crippen molar-refractivity contribution in [3.05, 3.63) is 29.2 Å². The van der Waals surface area contributed by atoms with Gasteiger partial charge in [0.05, 0.1) is 23.3 Å². The molecule has 0 saturated carbocycles. The summed E-state index contributed by atoms with van der Waals surface area (Å²) >= 11 is 0. The second kappa shape index (κ2) is 3.48. The first-order chi connectivity index (χ1) is 7.50. The maximum atomic E-state index is 11.9. The number of aromatic nitrogens is 3. The fourth-order valence-electron chi connectivity index (χ4n) is 1.40. The second-order valence-electron chi connectivity index (χ2n) is 3.58. The molecule has 16 heavy (non-hydrogen) atoms. The van der Waals surface area contributed by atoms with Crippen molar-refractivity contribution in [2.24, 2.45) is 0 Å². The number of hydrogen-bond acceptors (Lipinski definition) is 5. The van der Waals surface area contributed by atoms with Gasteiger partial charge in [0.2, 0.25) is 0 Å². The van der Waals surface area contributed by atoms with Crippen LogP contribution < -0.4 is 5.73 Å². The quantitative estimate of drug-likeness (QED) is 0.776. The number of carbonyl (C=O) groups excluding carboxylic acids is 1. The van der Waals surface area contributed by atoms with E-state index in [0.29, 0.717) is 22.8 Å². The van der Waals surface area contributed by atoms with Gasteiger partial charge in [0.1, 0.15) is 5.76 Å². The number of anilines is 1. The van der Waals surface area contributed by atoms with Gasteiger partial charge in [-0.05, 0) is 20.8 Å². The van der Waals surface area contributed by atoms with Crippen molar-refractivity contribution in [2.45, 2.75) is 20.8 Å². The first kappa shape index (κ1) is 10.4. The number of oxazole rings is 1. The molecule has 84 valence electrons. The minimum Gasteiger partial charge on any atom is -0.438 e. The minimum absolute atomic E-state index is 0.0168. The van der Waals surface area contributed by atoms with E-state index in [9.17, 15) is 4.79 Å². The molecule has 2 rings (SSSR count). The molecule has 2 aromatic rings. The number of nitrogen functional groups attached to an aromatic ring is 1. The lowest BCUT2D eigenvalue weighted by Crippen LogP contribution is -2.15. The monoisotopic (exact) mass is 220 g/mol. The van der Waals surface area contributed by atoms with Crippen molar-refractivity contribution < 1.29 is 9.21 Å². The maximum absolute atomic E-state index is 11.9. The molecule has 0 unspecified atom stereocenters. The molecule has 0 atom stereocenters. The van der Waals surface area contributed by atoms with E-state index in [1.807, 2.05) is 0 Å². The summed E-state index contributed by atoms with van der Waals surface area (Å²) in [6.45, 7) is 5.19. The fourth-order valence-corrected chi connectivity index (χ4v) is 1.40. The van der Waals surface area contributed by atoms with Gasteiger partial charge >= 0.3 is 5.91 Å². The Balaban J connectivity index is 2.45. The van der Waals surface area contributed by atoms with Gasteiger partial charge in [-0.2, -0.15) is 9.78 Å². The fraction of sp³-hybridized carbons (Fsp3) is 0.300. The predicted molar refractivity (Wildman–Crippen MR) is 57.1 cm³/mol. The van der Waals surface area contributed by atoms with Gasteiger partial charge in [0.15, 0.2) is 0 Å². The van der Waals surface area contributed by atoms with Crippen molar-refractivity contribution in [3.8, 4) is 0 Å². The van der Waals surface area contributed by atoms with Crippen LogP contribution >= 0.6 is 0 Å². The van der Waals surface area contributed by atoms with Crippen LogP contribution in [0.15, 0.2) is 10.6 Å². The zero-order chi connectivity index (χ0) is 11.9. The highest BCUT2D eigenvalue weighted by atomic mass is 16.4. The van der Waals surface area contributed by atoms with Crippen LogP contribution in [-0.2, 0) is 0 Å². The number of nitrogens with zero attached hydrogens (tertiary/aromatic N) is 3.